The first kappa shape index (κ1) is 25.7. The van der Waals surface area contributed by atoms with Crippen LogP contribution in [0, 0.1) is 0 Å². The van der Waals surface area contributed by atoms with E-state index >= 15 is 0 Å². The van der Waals surface area contributed by atoms with Crippen LogP contribution in [0.2, 0.25) is 0 Å². The van der Waals surface area contributed by atoms with Crippen LogP contribution in [0.4, 0.5) is 0 Å². The number of aliphatic hydroxyl groups excluding tert-OH is 1. The molecule has 0 aliphatic rings. The van der Waals surface area contributed by atoms with Crippen molar-refractivity contribution < 1.29 is 33.6 Å². The molecule has 0 aliphatic heterocycles. The number of hydrogen-bond acceptors (Lipinski definition) is 7. The summed E-state index contributed by atoms with van der Waals surface area (Å²) in [5.74, 6) is 0.0173. The summed E-state index contributed by atoms with van der Waals surface area (Å²) in [4.78, 5) is 22.4. The van der Waals surface area contributed by atoms with Gasteiger partial charge in [0.15, 0.2) is 0 Å². The van der Waals surface area contributed by atoms with Gasteiger partial charge in [-0.3, -0.25) is 0 Å². The van der Waals surface area contributed by atoms with E-state index in [0.29, 0.717) is 11.5 Å². The minimum absolute atomic E-state index is 0.0189. The van der Waals surface area contributed by atoms with Gasteiger partial charge in [0.2, 0.25) is 6.29 Å². The zero-order valence-electron chi connectivity index (χ0n) is 19.2. The average molecular weight is 455 g/mol. The lowest BCUT2D eigenvalue weighted by molar-refractivity contribution is -0.155. The molecule has 0 saturated heterocycles. The molecule has 176 valence electrons. The van der Waals surface area contributed by atoms with Gasteiger partial charge in [-0.15, -0.1) is 0 Å². The van der Waals surface area contributed by atoms with Gasteiger partial charge in [-0.05, 0) is 35.4 Å². The second-order valence-corrected chi connectivity index (χ2v) is 7.80. The molecule has 0 radical (unpaired) electrons. The van der Waals surface area contributed by atoms with Crippen molar-refractivity contribution in [2.45, 2.75) is 38.6 Å². The lowest BCUT2D eigenvalue weighted by Crippen LogP contribution is -2.25. The van der Waals surface area contributed by atoms with Crippen molar-refractivity contribution in [3.63, 3.8) is 0 Å². The van der Waals surface area contributed by atoms with Crippen molar-refractivity contribution in [3.05, 3.63) is 85.0 Å². The zero-order chi connectivity index (χ0) is 24.4. The number of ether oxygens (including phenoxy) is 4. The fourth-order valence-electron chi connectivity index (χ4n) is 3.00. The van der Waals surface area contributed by atoms with Crippen LogP contribution in [0.3, 0.4) is 0 Å². The molecule has 2 rings (SSSR count). The van der Waals surface area contributed by atoms with Crippen molar-refractivity contribution in [2.75, 3.05) is 13.2 Å². The van der Waals surface area contributed by atoms with Gasteiger partial charge in [-0.1, -0.05) is 51.3 Å². The van der Waals surface area contributed by atoms with Crippen molar-refractivity contribution in [1.29, 1.82) is 0 Å². The van der Waals surface area contributed by atoms with Crippen LogP contribution in [-0.4, -0.2) is 42.7 Å². The first-order valence-electron chi connectivity index (χ1n) is 10.5. The Labute approximate surface area is 194 Å². The minimum Gasteiger partial charge on any atom is -0.491 e. The molecule has 0 aliphatic carbocycles. The largest absolute Gasteiger partial charge is 0.491 e. The summed E-state index contributed by atoms with van der Waals surface area (Å²) in [6, 6.07) is 15.1. The molecule has 33 heavy (non-hydrogen) atoms. The lowest BCUT2D eigenvalue weighted by atomic mass is 9.78. The Hall–Kier alpha value is -3.58. The highest BCUT2D eigenvalue weighted by atomic mass is 16.7. The summed E-state index contributed by atoms with van der Waals surface area (Å²) in [6.45, 7) is 12.3. The van der Waals surface area contributed by atoms with Crippen LogP contribution in [0.5, 0.6) is 11.5 Å². The van der Waals surface area contributed by atoms with Gasteiger partial charge in [0.05, 0.1) is 0 Å². The quantitative estimate of drug-likeness (QED) is 0.295. The zero-order valence-corrected chi connectivity index (χ0v) is 19.2. The van der Waals surface area contributed by atoms with E-state index in [0.717, 1.165) is 23.3 Å². The number of carbonyl (C=O) groups is 2. The Kier molecular flexibility index (Phi) is 9.24. The van der Waals surface area contributed by atoms with Crippen LogP contribution < -0.4 is 9.47 Å². The molecule has 0 fully saturated rings. The van der Waals surface area contributed by atoms with Gasteiger partial charge in [-0.25, -0.2) is 9.59 Å². The highest BCUT2D eigenvalue weighted by molar-refractivity contribution is 5.81. The van der Waals surface area contributed by atoms with Crippen molar-refractivity contribution in [1.82, 2.24) is 0 Å². The van der Waals surface area contributed by atoms with E-state index in [1.54, 1.807) is 13.0 Å². The van der Waals surface area contributed by atoms with E-state index in [4.69, 9.17) is 18.9 Å². The van der Waals surface area contributed by atoms with E-state index < -0.39 is 24.3 Å². The third-order valence-corrected chi connectivity index (χ3v) is 4.91. The van der Waals surface area contributed by atoms with Crippen molar-refractivity contribution in [2.24, 2.45) is 0 Å². The Morgan fingerprint density at radius 3 is 2.27 bits per heavy atom. The van der Waals surface area contributed by atoms with Gasteiger partial charge in [-0.2, -0.15) is 0 Å². The molecule has 0 heterocycles. The third-order valence-electron chi connectivity index (χ3n) is 4.91. The van der Waals surface area contributed by atoms with Gasteiger partial charge in [0, 0.05) is 24.5 Å². The molecule has 0 saturated carbocycles. The number of benzene rings is 2. The maximum absolute atomic E-state index is 11.3. The molecule has 2 atom stereocenters. The number of carbonyl (C=O) groups excluding carboxylic acids is 2. The minimum atomic E-state index is -0.953. The number of hydrogen-bond donors (Lipinski definition) is 1. The molecule has 7 nitrogen and oxygen atoms in total. The van der Waals surface area contributed by atoms with Crippen LogP contribution >= 0.6 is 0 Å². The summed E-state index contributed by atoms with van der Waals surface area (Å²) in [5, 5.41) is 9.93. The molecule has 1 N–H and O–H groups in total. The number of esters is 2. The summed E-state index contributed by atoms with van der Waals surface area (Å²) in [5.41, 5.74) is 1.70. The molecule has 7 heteroatoms. The van der Waals surface area contributed by atoms with E-state index in [1.165, 1.54) is 0 Å². The second-order valence-electron chi connectivity index (χ2n) is 7.80. The summed E-state index contributed by atoms with van der Waals surface area (Å²) in [6.07, 6.45) is 0.433. The average Bonchev–Trinajstić information content (AvgIpc) is 2.81. The lowest BCUT2D eigenvalue weighted by Gasteiger charge is -2.27. The molecular formula is C26H30O7. The normalized spacial score (nSPS) is 12.7. The van der Waals surface area contributed by atoms with Gasteiger partial charge >= 0.3 is 11.9 Å². The van der Waals surface area contributed by atoms with Crippen LogP contribution in [-0.2, 0) is 24.5 Å². The highest BCUT2D eigenvalue weighted by Crippen LogP contribution is 2.34. The molecule has 0 amide bonds. The van der Waals surface area contributed by atoms with Crippen molar-refractivity contribution >= 4 is 11.9 Å². The predicted octanol–water partition coefficient (Wildman–Crippen LogP) is 3.94. The predicted molar refractivity (Wildman–Crippen MR) is 124 cm³/mol. The standard InChI is InChI=1S/C26H30O7/c1-6-24(28)31-17-21(27)16-30-23-10-8-9-20(15-23)26(4,5)19-11-13-22(14-12-19)32-18(3)33-25(29)7-2/h6-15,18,21,27H,1-2,16-17H2,3-5H3. The monoisotopic (exact) mass is 454 g/mol. The molecule has 0 spiro atoms. The SMILES string of the molecule is C=CC(=O)OCC(O)COc1cccc(C(C)(C)c2ccc(OC(C)OC(=O)C=C)cc2)c1. The van der Waals surface area contributed by atoms with Crippen LogP contribution in [0.1, 0.15) is 31.9 Å². The van der Waals surface area contributed by atoms with Crippen LogP contribution in [0.25, 0.3) is 0 Å². The molecule has 2 aromatic carbocycles. The Balaban J connectivity index is 2.02. The first-order chi connectivity index (χ1) is 15.6. The summed E-state index contributed by atoms with van der Waals surface area (Å²) >= 11 is 0. The molecule has 0 aromatic heterocycles. The molecule has 2 aromatic rings. The Morgan fingerprint density at radius 2 is 1.64 bits per heavy atom. The van der Waals surface area contributed by atoms with E-state index in [2.05, 4.69) is 27.0 Å². The summed E-state index contributed by atoms with van der Waals surface area (Å²) in [7, 11) is 0. The highest BCUT2D eigenvalue weighted by Gasteiger charge is 2.24. The first-order valence-corrected chi connectivity index (χ1v) is 10.5. The van der Waals surface area contributed by atoms with E-state index in [1.807, 2.05) is 42.5 Å². The number of aliphatic hydroxyl groups is 1. The smallest absolute Gasteiger partial charge is 0.333 e. The maximum Gasteiger partial charge on any atom is 0.333 e. The molecule has 0 bridgehead atoms. The molecule has 2 unspecified atom stereocenters. The second kappa shape index (κ2) is 11.9. The summed E-state index contributed by atoms with van der Waals surface area (Å²) < 4.78 is 21.1. The third kappa shape index (κ3) is 7.80. The van der Waals surface area contributed by atoms with Gasteiger partial charge in [0.25, 0.3) is 0 Å². The van der Waals surface area contributed by atoms with Gasteiger partial charge < -0.3 is 24.1 Å². The fraction of sp³-hybridized carbons (Fsp3) is 0.308. The Bertz CT molecular complexity index is 963. The molecular weight excluding hydrogens is 424 g/mol. The van der Waals surface area contributed by atoms with E-state index in [9.17, 15) is 14.7 Å². The Morgan fingerprint density at radius 1 is 0.970 bits per heavy atom. The number of rotatable bonds is 12. The van der Waals surface area contributed by atoms with E-state index in [-0.39, 0.29) is 18.6 Å². The van der Waals surface area contributed by atoms with Gasteiger partial charge in [0.1, 0.15) is 30.8 Å². The van der Waals surface area contributed by atoms with Crippen LogP contribution in [0.15, 0.2) is 73.8 Å². The maximum atomic E-state index is 11.3. The fourth-order valence-corrected chi connectivity index (χ4v) is 3.00. The van der Waals surface area contributed by atoms with Crippen molar-refractivity contribution in [3.8, 4) is 11.5 Å². The topological polar surface area (TPSA) is 91.3 Å².